The zero-order valence-corrected chi connectivity index (χ0v) is 17.6. The van der Waals surface area contributed by atoms with E-state index in [0.29, 0.717) is 6.04 Å². The van der Waals surface area contributed by atoms with Crippen molar-refractivity contribution in [1.82, 2.24) is 0 Å². The molecule has 0 aliphatic heterocycles. The minimum atomic E-state index is 0. The topological polar surface area (TPSA) is 0 Å². The molecule has 1 nitrogen and oxygen atoms in total. The molecule has 0 radical (unpaired) electrons. The maximum Gasteiger partial charge on any atom is 0.141 e. The van der Waals surface area contributed by atoms with E-state index in [9.17, 15) is 0 Å². The van der Waals surface area contributed by atoms with E-state index in [-0.39, 0.29) is 17.0 Å². The molecule has 128 valence electrons. The van der Waals surface area contributed by atoms with Crippen LogP contribution in [0.4, 0.5) is 0 Å². The summed E-state index contributed by atoms with van der Waals surface area (Å²) in [6, 6.07) is 26.8. The number of benzene rings is 3. The van der Waals surface area contributed by atoms with Crippen molar-refractivity contribution in [2.45, 2.75) is 12.6 Å². The van der Waals surface area contributed by atoms with Gasteiger partial charge in [-0.25, -0.2) is 0 Å². The van der Waals surface area contributed by atoms with Crippen molar-refractivity contribution in [3.63, 3.8) is 0 Å². The molecular formula is C22H21Br2N. The molecule has 0 spiro atoms. The second kappa shape index (κ2) is 7.06. The van der Waals surface area contributed by atoms with Crippen molar-refractivity contribution < 1.29 is 21.5 Å². The fourth-order valence-corrected chi connectivity index (χ4v) is 4.30. The van der Waals surface area contributed by atoms with Crippen LogP contribution in [0.1, 0.15) is 22.7 Å². The van der Waals surface area contributed by atoms with Crippen LogP contribution in [0.5, 0.6) is 0 Å². The molecule has 4 rings (SSSR count). The molecule has 0 unspecified atom stereocenters. The van der Waals surface area contributed by atoms with Crippen LogP contribution in [0.2, 0.25) is 0 Å². The first kappa shape index (κ1) is 18.4. The molecule has 0 atom stereocenters. The normalized spacial score (nSPS) is 13.1. The molecule has 0 fully saturated rings. The number of halogens is 2. The molecule has 0 amide bonds. The van der Waals surface area contributed by atoms with Crippen molar-refractivity contribution in [3.8, 4) is 11.1 Å². The Labute approximate surface area is 168 Å². The maximum absolute atomic E-state index is 3.53. The zero-order valence-electron chi connectivity index (χ0n) is 14.4. The molecule has 0 saturated carbocycles. The number of fused-ring (bicyclic) bond motifs is 3. The van der Waals surface area contributed by atoms with E-state index < -0.39 is 0 Å². The Hall–Kier alpha value is -1.42. The smallest absolute Gasteiger partial charge is 0.141 e. The summed E-state index contributed by atoms with van der Waals surface area (Å²) in [7, 11) is 4.68. The third kappa shape index (κ3) is 3.33. The van der Waals surface area contributed by atoms with Crippen LogP contribution < -0.4 is 17.0 Å². The zero-order chi connectivity index (χ0) is 16.7. The van der Waals surface area contributed by atoms with Gasteiger partial charge in [0.2, 0.25) is 0 Å². The van der Waals surface area contributed by atoms with Gasteiger partial charge in [-0.15, -0.1) is 0 Å². The van der Waals surface area contributed by atoms with E-state index in [1.165, 1.54) is 27.8 Å². The van der Waals surface area contributed by atoms with E-state index >= 15 is 0 Å². The van der Waals surface area contributed by atoms with Crippen molar-refractivity contribution in [1.29, 1.82) is 0 Å². The fourth-order valence-electron chi connectivity index (χ4n) is 4.03. The monoisotopic (exact) mass is 457 g/mol. The van der Waals surface area contributed by atoms with Gasteiger partial charge in [0.1, 0.15) is 12.6 Å². The number of hydrogen-bond acceptors (Lipinski definition) is 0. The lowest BCUT2D eigenvalue weighted by molar-refractivity contribution is -0.927. The average Bonchev–Trinajstić information content (AvgIpc) is 2.92. The van der Waals surface area contributed by atoms with Crippen LogP contribution in [-0.4, -0.2) is 18.6 Å². The Bertz CT molecular complexity index is 839. The summed E-state index contributed by atoms with van der Waals surface area (Å²) in [6.07, 6.45) is 0. The van der Waals surface area contributed by atoms with Crippen molar-refractivity contribution in [2.24, 2.45) is 0 Å². The quantitative estimate of drug-likeness (QED) is 0.529. The van der Waals surface area contributed by atoms with E-state index in [1.54, 1.807) is 0 Å². The summed E-state index contributed by atoms with van der Waals surface area (Å²) in [6.45, 7) is 1.00. The average molecular weight is 459 g/mol. The number of hydrogen-bond donors (Lipinski definition) is 0. The molecule has 0 saturated heterocycles. The Morgan fingerprint density at radius 3 is 1.76 bits per heavy atom. The van der Waals surface area contributed by atoms with Gasteiger partial charge < -0.3 is 21.5 Å². The summed E-state index contributed by atoms with van der Waals surface area (Å²) < 4.78 is 2.04. The van der Waals surface area contributed by atoms with Gasteiger partial charge in [0.15, 0.2) is 0 Å². The molecule has 0 bridgehead atoms. The van der Waals surface area contributed by atoms with E-state index in [4.69, 9.17) is 0 Å². The first-order chi connectivity index (χ1) is 11.6. The lowest BCUT2D eigenvalue weighted by Gasteiger charge is -2.37. The second-order valence-electron chi connectivity index (χ2n) is 7.14. The van der Waals surface area contributed by atoms with Crippen LogP contribution in [-0.2, 0) is 6.54 Å². The number of quaternary nitrogens is 1. The van der Waals surface area contributed by atoms with E-state index in [0.717, 1.165) is 15.5 Å². The van der Waals surface area contributed by atoms with Gasteiger partial charge >= 0.3 is 0 Å². The lowest BCUT2D eigenvalue weighted by atomic mass is 10.0. The van der Waals surface area contributed by atoms with E-state index in [1.807, 2.05) is 0 Å². The summed E-state index contributed by atoms with van der Waals surface area (Å²) in [5, 5.41) is 0. The SMILES string of the molecule is C[N+](C)(Cc1ccc(Br)cc1)C1c2ccccc2-c2ccccc21.[Br-]. The number of rotatable bonds is 3. The Kier molecular flexibility index (Phi) is 5.19. The molecule has 1 aliphatic rings. The van der Waals surface area contributed by atoms with Gasteiger partial charge in [0, 0.05) is 21.2 Å². The highest BCUT2D eigenvalue weighted by atomic mass is 79.9. The third-order valence-corrected chi connectivity index (χ3v) is 5.53. The summed E-state index contributed by atoms with van der Waals surface area (Å²) in [5.74, 6) is 0. The van der Waals surface area contributed by atoms with Gasteiger partial charge in [-0.2, -0.15) is 0 Å². The minimum Gasteiger partial charge on any atom is -1.00 e. The van der Waals surface area contributed by atoms with Crippen molar-refractivity contribution in [2.75, 3.05) is 14.1 Å². The predicted octanol–water partition coefficient (Wildman–Crippen LogP) is 2.80. The fraction of sp³-hybridized carbons (Fsp3) is 0.182. The third-order valence-electron chi connectivity index (χ3n) is 5.00. The van der Waals surface area contributed by atoms with Crippen LogP contribution in [0.15, 0.2) is 77.3 Å². The molecule has 0 aromatic heterocycles. The highest BCUT2D eigenvalue weighted by molar-refractivity contribution is 9.10. The second-order valence-corrected chi connectivity index (χ2v) is 8.06. The molecule has 3 heteroatoms. The van der Waals surface area contributed by atoms with Gasteiger partial charge in [-0.05, 0) is 23.3 Å². The maximum atomic E-state index is 3.53. The lowest BCUT2D eigenvalue weighted by Crippen LogP contribution is -3.00. The Morgan fingerprint density at radius 1 is 0.760 bits per heavy atom. The van der Waals surface area contributed by atoms with Crippen LogP contribution in [0, 0.1) is 0 Å². The minimum absolute atomic E-state index is 0. The molecular weight excluding hydrogens is 438 g/mol. The molecule has 25 heavy (non-hydrogen) atoms. The molecule has 1 aliphatic carbocycles. The summed E-state index contributed by atoms with van der Waals surface area (Å²) in [4.78, 5) is 0. The van der Waals surface area contributed by atoms with Crippen LogP contribution in [0.25, 0.3) is 11.1 Å². The van der Waals surface area contributed by atoms with Crippen molar-refractivity contribution in [3.05, 3.63) is 94.0 Å². The Balaban J connectivity index is 0.00000182. The largest absolute Gasteiger partial charge is 1.00 e. The predicted molar refractivity (Wildman–Crippen MR) is 104 cm³/mol. The summed E-state index contributed by atoms with van der Waals surface area (Å²) in [5.41, 5.74) is 7.03. The van der Waals surface area contributed by atoms with Gasteiger partial charge in [-0.1, -0.05) is 76.6 Å². The standard InChI is InChI=1S/C22H21BrN.BrH/c1-24(2,15-16-11-13-17(23)14-12-16)22-20-9-5-3-7-18(20)19-8-4-6-10-21(19)22;/h3-14,22H,15H2,1-2H3;1H/q+1;/p-1. The van der Waals surface area contributed by atoms with Gasteiger partial charge in [-0.3, -0.25) is 0 Å². The van der Waals surface area contributed by atoms with Crippen LogP contribution >= 0.6 is 15.9 Å². The number of nitrogens with zero attached hydrogens (tertiary/aromatic N) is 1. The highest BCUT2D eigenvalue weighted by Crippen LogP contribution is 2.48. The van der Waals surface area contributed by atoms with Crippen molar-refractivity contribution >= 4 is 15.9 Å². The molecule has 0 N–H and O–H groups in total. The summed E-state index contributed by atoms with van der Waals surface area (Å²) >= 11 is 3.53. The van der Waals surface area contributed by atoms with Crippen LogP contribution in [0.3, 0.4) is 0 Å². The molecule has 0 heterocycles. The van der Waals surface area contributed by atoms with Gasteiger partial charge in [0.05, 0.1) is 14.1 Å². The Morgan fingerprint density at radius 2 is 1.24 bits per heavy atom. The first-order valence-electron chi connectivity index (χ1n) is 8.31. The molecule has 3 aromatic rings. The first-order valence-corrected chi connectivity index (χ1v) is 9.11. The van der Waals surface area contributed by atoms with E-state index in [2.05, 4.69) is 103 Å². The molecule has 3 aromatic carbocycles. The highest BCUT2D eigenvalue weighted by Gasteiger charge is 2.39. The van der Waals surface area contributed by atoms with Gasteiger partial charge in [0.25, 0.3) is 0 Å².